The number of benzene rings is 2. The zero-order valence-corrected chi connectivity index (χ0v) is 13.9. The molecule has 0 aliphatic rings. The van der Waals surface area contributed by atoms with Gasteiger partial charge in [-0.25, -0.2) is 0 Å². The van der Waals surface area contributed by atoms with Crippen LogP contribution in [0.2, 0.25) is 0 Å². The van der Waals surface area contributed by atoms with Gasteiger partial charge in [-0.05, 0) is 30.7 Å². The smallest absolute Gasteiger partial charge is 0.174 e. The summed E-state index contributed by atoms with van der Waals surface area (Å²) in [5, 5.41) is 9.43. The van der Waals surface area contributed by atoms with Crippen molar-refractivity contribution in [2.24, 2.45) is 0 Å². The van der Waals surface area contributed by atoms with Crippen LogP contribution in [-0.2, 0) is 0 Å². The first kappa shape index (κ1) is 15.3. The Kier molecular flexibility index (Phi) is 4.18. The molecule has 0 radical (unpaired) electrons. The second kappa shape index (κ2) is 6.27. The van der Waals surface area contributed by atoms with Crippen molar-refractivity contribution in [1.29, 1.82) is 5.26 Å². The quantitative estimate of drug-likeness (QED) is 0.614. The largest absolute Gasteiger partial charge is 0.478 e. The van der Waals surface area contributed by atoms with Crippen LogP contribution in [0.15, 0.2) is 45.3 Å². The molecule has 0 N–H and O–H groups in total. The number of carbonyl (C=O) groups is 1. The maximum Gasteiger partial charge on any atom is 0.174 e. The van der Waals surface area contributed by atoms with E-state index in [0.717, 1.165) is 21.0 Å². The number of hydrogen-bond donors (Lipinski definition) is 0. The first-order chi connectivity index (χ1) is 11.1. The van der Waals surface area contributed by atoms with E-state index in [9.17, 15) is 4.79 Å². The Labute approximate surface area is 141 Å². The molecule has 0 saturated heterocycles. The summed E-state index contributed by atoms with van der Waals surface area (Å²) in [7, 11) is 0. The van der Waals surface area contributed by atoms with E-state index >= 15 is 0 Å². The SMILES string of the molecule is Cc1c(Br)cccc1-c1cc2cc(C=O)c(OCC#N)cc2o1. The molecule has 0 atom stereocenters. The van der Waals surface area contributed by atoms with Crippen molar-refractivity contribution in [3.05, 3.63) is 52.0 Å². The third-order valence-corrected chi connectivity index (χ3v) is 4.46. The van der Waals surface area contributed by atoms with E-state index in [0.29, 0.717) is 28.9 Å². The molecule has 4 nitrogen and oxygen atoms in total. The van der Waals surface area contributed by atoms with Crippen LogP contribution in [0.25, 0.3) is 22.3 Å². The molecule has 0 fully saturated rings. The molecule has 3 rings (SSSR count). The molecule has 114 valence electrons. The maximum atomic E-state index is 11.2. The first-order valence-electron chi connectivity index (χ1n) is 6.92. The van der Waals surface area contributed by atoms with Crippen molar-refractivity contribution >= 4 is 33.2 Å². The third-order valence-electron chi connectivity index (χ3n) is 3.60. The van der Waals surface area contributed by atoms with Gasteiger partial charge in [-0.2, -0.15) is 5.26 Å². The Morgan fingerprint density at radius 3 is 2.91 bits per heavy atom. The van der Waals surface area contributed by atoms with E-state index in [2.05, 4.69) is 15.9 Å². The van der Waals surface area contributed by atoms with Gasteiger partial charge in [0.05, 0.1) is 5.56 Å². The van der Waals surface area contributed by atoms with Gasteiger partial charge >= 0.3 is 0 Å². The Balaban J connectivity index is 2.13. The van der Waals surface area contributed by atoms with E-state index in [1.807, 2.05) is 37.3 Å². The topological polar surface area (TPSA) is 63.2 Å². The Morgan fingerprint density at radius 1 is 1.35 bits per heavy atom. The van der Waals surface area contributed by atoms with Gasteiger partial charge in [-0.3, -0.25) is 4.79 Å². The number of rotatable bonds is 4. The number of halogens is 1. The molecule has 0 spiro atoms. The minimum Gasteiger partial charge on any atom is -0.478 e. The zero-order chi connectivity index (χ0) is 16.4. The molecule has 0 amide bonds. The number of aldehydes is 1. The summed E-state index contributed by atoms with van der Waals surface area (Å²) in [6, 6.07) is 13.0. The summed E-state index contributed by atoms with van der Waals surface area (Å²) < 4.78 is 12.2. The molecule has 0 bridgehead atoms. The maximum absolute atomic E-state index is 11.2. The van der Waals surface area contributed by atoms with Crippen molar-refractivity contribution in [1.82, 2.24) is 0 Å². The van der Waals surface area contributed by atoms with Crippen LogP contribution in [0.3, 0.4) is 0 Å². The summed E-state index contributed by atoms with van der Waals surface area (Å²) in [5.74, 6) is 1.06. The van der Waals surface area contributed by atoms with Gasteiger partial charge in [0.25, 0.3) is 0 Å². The van der Waals surface area contributed by atoms with Crippen LogP contribution in [0, 0.1) is 18.3 Å². The third kappa shape index (κ3) is 2.86. The zero-order valence-electron chi connectivity index (χ0n) is 12.3. The van der Waals surface area contributed by atoms with Gasteiger partial charge in [-0.1, -0.05) is 28.1 Å². The number of hydrogen-bond acceptors (Lipinski definition) is 4. The lowest BCUT2D eigenvalue weighted by Crippen LogP contribution is -1.96. The van der Waals surface area contributed by atoms with E-state index in [1.54, 1.807) is 12.1 Å². The molecule has 0 aliphatic carbocycles. The highest BCUT2D eigenvalue weighted by molar-refractivity contribution is 9.10. The molecule has 2 aromatic carbocycles. The Bertz CT molecular complexity index is 937. The highest BCUT2D eigenvalue weighted by Gasteiger charge is 2.13. The molecule has 1 aromatic heterocycles. The highest BCUT2D eigenvalue weighted by Crippen LogP contribution is 2.35. The van der Waals surface area contributed by atoms with Crippen molar-refractivity contribution in [3.8, 4) is 23.1 Å². The number of nitriles is 1. The number of nitrogens with zero attached hydrogens (tertiary/aromatic N) is 1. The lowest BCUT2D eigenvalue weighted by Gasteiger charge is -2.04. The Hall–Kier alpha value is -2.58. The fourth-order valence-corrected chi connectivity index (χ4v) is 2.79. The van der Waals surface area contributed by atoms with Crippen molar-refractivity contribution in [2.45, 2.75) is 6.92 Å². The Morgan fingerprint density at radius 2 is 2.17 bits per heavy atom. The van der Waals surface area contributed by atoms with Crippen LogP contribution < -0.4 is 4.74 Å². The number of fused-ring (bicyclic) bond motifs is 1. The number of carbonyl (C=O) groups excluding carboxylic acids is 1. The standard InChI is InChI=1S/C18H12BrNO3/c1-11-14(3-2-4-15(11)19)18-8-12-7-13(10-21)16(22-6-5-20)9-17(12)23-18/h2-4,7-10H,6H2,1H3. The predicted molar refractivity (Wildman–Crippen MR) is 90.6 cm³/mol. The van der Waals surface area contributed by atoms with E-state index in [1.165, 1.54) is 0 Å². The fourth-order valence-electron chi connectivity index (χ4n) is 2.42. The van der Waals surface area contributed by atoms with Crippen LogP contribution >= 0.6 is 15.9 Å². The second-order valence-corrected chi connectivity index (χ2v) is 5.87. The summed E-state index contributed by atoms with van der Waals surface area (Å²) in [4.78, 5) is 11.2. The lowest BCUT2D eigenvalue weighted by atomic mass is 10.1. The van der Waals surface area contributed by atoms with Crippen LogP contribution in [0.4, 0.5) is 0 Å². The summed E-state index contributed by atoms with van der Waals surface area (Å²) in [6.07, 6.45) is 0.711. The monoisotopic (exact) mass is 369 g/mol. The molecule has 0 unspecified atom stereocenters. The van der Waals surface area contributed by atoms with Gasteiger partial charge in [0.15, 0.2) is 12.9 Å². The highest BCUT2D eigenvalue weighted by atomic mass is 79.9. The van der Waals surface area contributed by atoms with E-state index < -0.39 is 0 Å². The van der Waals surface area contributed by atoms with Crippen LogP contribution in [-0.4, -0.2) is 12.9 Å². The average Bonchev–Trinajstić information content (AvgIpc) is 2.96. The molecule has 23 heavy (non-hydrogen) atoms. The fraction of sp³-hybridized carbons (Fsp3) is 0.111. The van der Waals surface area contributed by atoms with Gasteiger partial charge in [0, 0.05) is 21.5 Å². The first-order valence-corrected chi connectivity index (χ1v) is 7.71. The molecule has 3 aromatic rings. The number of furan rings is 1. The molecule has 5 heteroatoms. The summed E-state index contributed by atoms with van der Waals surface area (Å²) >= 11 is 3.51. The number of ether oxygens (including phenoxy) is 1. The van der Waals surface area contributed by atoms with Crippen LogP contribution in [0.5, 0.6) is 5.75 Å². The van der Waals surface area contributed by atoms with Gasteiger partial charge in [-0.15, -0.1) is 0 Å². The van der Waals surface area contributed by atoms with Gasteiger partial charge < -0.3 is 9.15 Å². The molecule has 0 saturated carbocycles. The predicted octanol–water partition coefficient (Wildman–Crippen LogP) is 4.89. The van der Waals surface area contributed by atoms with Crippen LogP contribution in [0.1, 0.15) is 15.9 Å². The van der Waals surface area contributed by atoms with Crippen molar-refractivity contribution in [3.63, 3.8) is 0 Å². The van der Waals surface area contributed by atoms with Gasteiger partial charge in [0.1, 0.15) is 23.2 Å². The molecule has 1 heterocycles. The molecular weight excluding hydrogens is 358 g/mol. The molecular formula is C18H12BrNO3. The summed E-state index contributed by atoms with van der Waals surface area (Å²) in [6.45, 7) is 1.88. The van der Waals surface area contributed by atoms with Crippen molar-refractivity contribution in [2.75, 3.05) is 6.61 Å². The minimum atomic E-state index is -0.120. The van der Waals surface area contributed by atoms with Gasteiger partial charge in [0.2, 0.25) is 0 Å². The minimum absolute atomic E-state index is 0.120. The molecule has 0 aliphatic heterocycles. The van der Waals surface area contributed by atoms with Crippen molar-refractivity contribution < 1.29 is 13.9 Å². The normalized spacial score (nSPS) is 10.5. The van der Waals surface area contributed by atoms with E-state index in [-0.39, 0.29) is 6.61 Å². The average molecular weight is 370 g/mol. The second-order valence-electron chi connectivity index (χ2n) is 5.02. The lowest BCUT2D eigenvalue weighted by molar-refractivity contribution is 0.112. The summed E-state index contributed by atoms with van der Waals surface area (Å²) in [5.41, 5.74) is 3.05. The van der Waals surface area contributed by atoms with E-state index in [4.69, 9.17) is 14.4 Å².